The highest BCUT2D eigenvalue weighted by atomic mass is 35.5. The topological polar surface area (TPSA) is 72.1 Å². The molecule has 2 N–H and O–H groups in total. The van der Waals surface area contributed by atoms with E-state index in [-0.39, 0.29) is 37.1 Å². The number of halogens is 5. The lowest BCUT2D eigenvalue weighted by Crippen LogP contribution is -2.37. The standard InChI is InChI=1S/C24H30F3N3O4.2ClH/c1-32-22-14-18(16-28-8-3-9-30-10-12-33-13-11-30)6-7-21(22)34-17-23(31)29-20-5-2-4-19(15-20)24(25,26)27;;/h2,4-7,14-15,28H,3,8-13,16-17H2,1H3,(H,29,31);2*1H. The molecule has 2 aromatic rings. The van der Waals surface area contributed by atoms with E-state index in [1.807, 2.05) is 12.1 Å². The third kappa shape index (κ3) is 10.4. The van der Waals surface area contributed by atoms with Crippen molar-refractivity contribution in [2.75, 3.05) is 58.4 Å². The van der Waals surface area contributed by atoms with Crippen LogP contribution in [0.5, 0.6) is 11.5 Å². The fraction of sp³-hybridized carbons (Fsp3) is 0.458. The molecule has 2 aromatic carbocycles. The zero-order chi connectivity index (χ0) is 24.4. The maximum absolute atomic E-state index is 12.8. The van der Waals surface area contributed by atoms with Crippen LogP contribution in [0.3, 0.4) is 0 Å². The van der Waals surface area contributed by atoms with Gasteiger partial charge in [-0.05, 0) is 55.4 Å². The first kappa shape index (κ1) is 31.8. The van der Waals surface area contributed by atoms with E-state index in [4.69, 9.17) is 14.2 Å². The zero-order valence-corrected chi connectivity index (χ0v) is 21.6. The van der Waals surface area contributed by atoms with E-state index in [0.29, 0.717) is 18.0 Å². The molecule has 202 valence electrons. The fourth-order valence-electron chi connectivity index (χ4n) is 3.54. The maximum Gasteiger partial charge on any atom is 0.416 e. The van der Waals surface area contributed by atoms with E-state index in [9.17, 15) is 18.0 Å². The van der Waals surface area contributed by atoms with Gasteiger partial charge in [-0.1, -0.05) is 12.1 Å². The number of ether oxygens (including phenoxy) is 3. The van der Waals surface area contributed by atoms with Gasteiger partial charge in [-0.3, -0.25) is 9.69 Å². The minimum Gasteiger partial charge on any atom is -0.493 e. The fourth-order valence-corrected chi connectivity index (χ4v) is 3.54. The average Bonchev–Trinajstić information content (AvgIpc) is 2.83. The number of amides is 1. The monoisotopic (exact) mass is 553 g/mol. The molecule has 0 atom stereocenters. The van der Waals surface area contributed by atoms with Crippen LogP contribution in [0.1, 0.15) is 17.5 Å². The van der Waals surface area contributed by atoms with Gasteiger partial charge in [-0.25, -0.2) is 0 Å². The van der Waals surface area contributed by atoms with Gasteiger partial charge in [0.05, 0.1) is 25.9 Å². The number of anilines is 1. The van der Waals surface area contributed by atoms with Crippen LogP contribution < -0.4 is 20.1 Å². The highest BCUT2D eigenvalue weighted by Crippen LogP contribution is 2.31. The quantitative estimate of drug-likeness (QED) is 0.402. The number of nitrogens with zero attached hydrogens (tertiary/aromatic N) is 1. The van der Waals surface area contributed by atoms with Gasteiger partial charge < -0.3 is 24.8 Å². The Bertz CT molecular complexity index is 945. The van der Waals surface area contributed by atoms with E-state index in [1.165, 1.54) is 19.2 Å². The largest absolute Gasteiger partial charge is 0.493 e. The Hall–Kier alpha value is -2.24. The summed E-state index contributed by atoms with van der Waals surface area (Å²) in [6, 6.07) is 9.85. The lowest BCUT2D eigenvalue weighted by atomic mass is 10.2. The number of carbonyl (C=O) groups is 1. The number of alkyl halides is 3. The van der Waals surface area contributed by atoms with Crippen LogP contribution in [0.25, 0.3) is 0 Å². The van der Waals surface area contributed by atoms with E-state index in [0.717, 1.165) is 63.5 Å². The summed E-state index contributed by atoms with van der Waals surface area (Å²) in [4.78, 5) is 14.5. The predicted octanol–water partition coefficient (Wildman–Crippen LogP) is 4.39. The van der Waals surface area contributed by atoms with Gasteiger partial charge in [-0.2, -0.15) is 13.2 Å². The van der Waals surface area contributed by atoms with E-state index in [2.05, 4.69) is 15.5 Å². The molecule has 0 bridgehead atoms. The number of hydrogen-bond donors (Lipinski definition) is 2. The number of morpholine rings is 1. The second-order valence-corrected chi connectivity index (χ2v) is 7.88. The van der Waals surface area contributed by atoms with Crippen molar-refractivity contribution in [1.29, 1.82) is 0 Å². The van der Waals surface area contributed by atoms with Gasteiger partial charge in [0.25, 0.3) is 5.91 Å². The van der Waals surface area contributed by atoms with Crippen molar-refractivity contribution in [3.8, 4) is 11.5 Å². The third-order valence-corrected chi connectivity index (χ3v) is 5.32. The molecule has 1 saturated heterocycles. The number of rotatable bonds is 11. The molecule has 1 heterocycles. The molecule has 1 fully saturated rings. The highest BCUT2D eigenvalue weighted by molar-refractivity contribution is 5.92. The Morgan fingerprint density at radius 3 is 2.53 bits per heavy atom. The maximum atomic E-state index is 12.8. The molecule has 0 aliphatic carbocycles. The molecule has 0 spiro atoms. The summed E-state index contributed by atoms with van der Waals surface area (Å²) in [7, 11) is 1.50. The Labute approximate surface area is 221 Å². The van der Waals surface area contributed by atoms with Gasteiger partial charge in [-0.15, -0.1) is 24.8 Å². The molecule has 1 aliphatic heterocycles. The molecule has 1 aliphatic rings. The SMILES string of the molecule is COc1cc(CNCCCN2CCOCC2)ccc1OCC(=O)Nc1cccc(C(F)(F)F)c1.Cl.Cl. The Balaban J connectivity index is 0.00000324. The van der Waals surface area contributed by atoms with Crippen molar-refractivity contribution < 1.29 is 32.2 Å². The van der Waals surface area contributed by atoms with Crippen LogP contribution in [-0.2, 0) is 22.3 Å². The van der Waals surface area contributed by atoms with E-state index < -0.39 is 17.6 Å². The predicted molar refractivity (Wildman–Crippen MR) is 137 cm³/mol. The number of methoxy groups -OCH3 is 1. The van der Waals surface area contributed by atoms with Gasteiger partial charge in [0.2, 0.25) is 0 Å². The molecule has 12 heteroatoms. The Morgan fingerprint density at radius 2 is 1.83 bits per heavy atom. The molecule has 36 heavy (non-hydrogen) atoms. The molecule has 0 saturated carbocycles. The summed E-state index contributed by atoms with van der Waals surface area (Å²) < 4.78 is 54.7. The summed E-state index contributed by atoms with van der Waals surface area (Å²) in [6.07, 6.45) is -3.44. The first-order chi connectivity index (χ1) is 16.3. The second kappa shape index (κ2) is 15.8. The highest BCUT2D eigenvalue weighted by Gasteiger charge is 2.30. The summed E-state index contributed by atoms with van der Waals surface area (Å²) in [5.74, 6) is 0.268. The van der Waals surface area contributed by atoms with Crippen LogP contribution in [0.2, 0.25) is 0 Å². The number of benzene rings is 2. The molecule has 0 aromatic heterocycles. The smallest absolute Gasteiger partial charge is 0.416 e. The summed E-state index contributed by atoms with van der Waals surface area (Å²) in [5, 5.41) is 5.82. The first-order valence-electron chi connectivity index (χ1n) is 11.1. The molecule has 0 radical (unpaired) electrons. The molecule has 7 nitrogen and oxygen atoms in total. The van der Waals surface area contributed by atoms with Crippen molar-refractivity contribution in [1.82, 2.24) is 10.2 Å². The lowest BCUT2D eigenvalue weighted by Gasteiger charge is -2.26. The Morgan fingerprint density at radius 1 is 1.08 bits per heavy atom. The molecule has 3 rings (SSSR count). The lowest BCUT2D eigenvalue weighted by molar-refractivity contribution is -0.137. The van der Waals surface area contributed by atoms with E-state index in [1.54, 1.807) is 6.07 Å². The van der Waals surface area contributed by atoms with Crippen LogP contribution in [0.15, 0.2) is 42.5 Å². The van der Waals surface area contributed by atoms with Crippen molar-refractivity contribution in [2.24, 2.45) is 0 Å². The van der Waals surface area contributed by atoms with E-state index >= 15 is 0 Å². The minimum absolute atomic E-state index is 0. The summed E-state index contributed by atoms with van der Waals surface area (Å²) >= 11 is 0. The average molecular weight is 554 g/mol. The Kier molecular flexibility index (Phi) is 13.9. The van der Waals surface area contributed by atoms with Crippen molar-refractivity contribution >= 4 is 36.4 Å². The molecular formula is C24H32Cl2F3N3O4. The normalized spacial score (nSPS) is 13.8. The number of nitrogens with one attached hydrogen (secondary N) is 2. The molecule has 0 unspecified atom stereocenters. The van der Waals surface area contributed by atoms with Crippen LogP contribution >= 0.6 is 24.8 Å². The van der Waals surface area contributed by atoms with Crippen LogP contribution in [0, 0.1) is 0 Å². The van der Waals surface area contributed by atoms with Crippen LogP contribution in [0.4, 0.5) is 18.9 Å². The van der Waals surface area contributed by atoms with Gasteiger partial charge in [0.1, 0.15) is 0 Å². The summed E-state index contributed by atoms with van der Waals surface area (Å²) in [5.41, 5.74) is 0.215. The number of carbonyl (C=O) groups excluding carboxylic acids is 1. The first-order valence-corrected chi connectivity index (χ1v) is 11.1. The zero-order valence-electron chi connectivity index (χ0n) is 19.9. The van der Waals surface area contributed by atoms with Crippen molar-refractivity contribution in [2.45, 2.75) is 19.1 Å². The van der Waals surface area contributed by atoms with Crippen molar-refractivity contribution in [3.05, 3.63) is 53.6 Å². The van der Waals surface area contributed by atoms with Crippen molar-refractivity contribution in [3.63, 3.8) is 0 Å². The minimum atomic E-state index is -4.48. The third-order valence-electron chi connectivity index (χ3n) is 5.32. The molecular weight excluding hydrogens is 522 g/mol. The van der Waals surface area contributed by atoms with Gasteiger partial charge in [0, 0.05) is 25.3 Å². The van der Waals surface area contributed by atoms with Crippen LogP contribution in [-0.4, -0.2) is 63.9 Å². The number of hydrogen-bond acceptors (Lipinski definition) is 6. The molecule has 1 amide bonds. The van der Waals surface area contributed by atoms with Gasteiger partial charge in [0.15, 0.2) is 18.1 Å². The van der Waals surface area contributed by atoms with Gasteiger partial charge >= 0.3 is 6.18 Å². The second-order valence-electron chi connectivity index (χ2n) is 7.88. The summed E-state index contributed by atoms with van der Waals surface area (Å²) in [6.45, 7) is 5.78.